The third-order valence-corrected chi connectivity index (χ3v) is 5.24. The number of hydrogen-bond acceptors (Lipinski definition) is 5. The molecule has 1 fully saturated rings. The first-order chi connectivity index (χ1) is 12.6. The van der Waals surface area contributed by atoms with Crippen LogP contribution in [-0.2, 0) is 0 Å². The summed E-state index contributed by atoms with van der Waals surface area (Å²) in [5, 5.41) is 18.1. The highest BCUT2D eigenvalue weighted by Crippen LogP contribution is 2.35. The van der Waals surface area contributed by atoms with Gasteiger partial charge in [-0.2, -0.15) is 5.26 Å². The molecule has 1 atom stereocenters. The van der Waals surface area contributed by atoms with E-state index in [2.05, 4.69) is 22.0 Å². The number of piperidine rings is 1. The second-order valence-corrected chi connectivity index (χ2v) is 7.10. The summed E-state index contributed by atoms with van der Waals surface area (Å²) in [6.07, 6.45) is 1.93. The molecule has 0 spiro atoms. The van der Waals surface area contributed by atoms with Crippen molar-refractivity contribution < 1.29 is 9.59 Å². The molecular formula is C18H19N5O2S. The first-order valence-electron chi connectivity index (χ1n) is 8.29. The lowest BCUT2D eigenvalue weighted by Gasteiger charge is -2.23. The number of anilines is 1. The summed E-state index contributed by atoms with van der Waals surface area (Å²) >= 11 is 1.27. The van der Waals surface area contributed by atoms with E-state index in [4.69, 9.17) is 11.0 Å². The predicted molar refractivity (Wildman–Crippen MR) is 101 cm³/mol. The van der Waals surface area contributed by atoms with Crippen LogP contribution in [0.4, 0.5) is 9.80 Å². The number of benzene rings is 1. The van der Waals surface area contributed by atoms with Crippen molar-refractivity contribution in [2.45, 2.75) is 18.9 Å². The summed E-state index contributed by atoms with van der Waals surface area (Å²) in [6, 6.07) is 10.2. The van der Waals surface area contributed by atoms with Crippen molar-refractivity contribution in [1.29, 1.82) is 5.26 Å². The van der Waals surface area contributed by atoms with Crippen molar-refractivity contribution in [3.05, 3.63) is 41.5 Å². The van der Waals surface area contributed by atoms with E-state index < -0.39 is 6.03 Å². The molecule has 0 aliphatic carbocycles. The maximum atomic E-state index is 12.7. The predicted octanol–water partition coefficient (Wildman–Crippen LogP) is 2.26. The van der Waals surface area contributed by atoms with E-state index in [9.17, 15) is 9.59 Å². The number of carbonyl (C=O) groups is 2. The Kier molecular flexibility index (Phi) is 5.51. The van der Waals surface area contributed by atoms with Gasteiger partial charge in [0.2, 0.25) is 0 Å². The number of thiophene rings is 1. The number of rotatable bonds is 4. The molecule has 2 heterocycles. The molecule has 1 aromatic heterocycles. The number of nitrogens with two attached hydrogens (primary N) is 1. The van der Waals surface area contributed by atoms with Gasteiger partial charge in [-0.15, -0.1) is 11.3 Å². The molecule has 7 nitrogen and oxygen atoms in total. The third-order valence-electron chi connectivity index (χ3n) is 4.14. The van der Waals surface area contributed by atoms with Crippen LogP contribution in [0.25, 0.3) is 10.4 Å². The fourth-order valence-corrected chi connectivity index (χ4v) is 3.92. The Labute approximate surface area is 155 Å². The van der Waals surface area contributed by atoms with Crippen molar-refractivity contribution in [2.24, 2.45) is 5.73 Å². The first kappa shape index (κ1) is 17.9. The fraction of sp³-hybridized carbons (Fsp3) is 0.278. The number of nitrogens with one attached hydrogen (secondary N) is 3. The van der Waals surface area contributed by atoms with Crippen molar-refractivity contribution in [1.82, 2.24) is 10.6 Å². The highest BCUT2D eigenvalue weighted by Gasteiger charge is 2.21. The molecule has 8 heteroatoms. The summed E-state index contributed by atoms with van der Waals surface area (Å²) in [5.74, 6) is -0.237. The van der Waals surface area contributed by atoms with Crippen LogP contribution in [0.1, 0.15) is 28.8 Å². The Morgan fingerprint density at radius 1 is 1.31 bits per heavy atom. The number of urea groups is 1. The van der Waals surface area contributed by atoms with E-state index in [1.165, 1.54) is 11.3 Å². The van der Waals surface area contributed by atoms with Gasteiger partial charge in [-0.05, 0) is 43.1 Å². The Hall–Kier alpha value is -2.89. The van der Waals surface area contributed by atoms with Crippen LogP contribution >= 0.6 is 11.3 Å². The van der Waals surface area contributed by atoms with Gasteiger partial charge in [0.05, 0.1) is 17.2 Å². The normalized spacial score (nSPS) is 16.5. The molecule has 0 bridgehead atoms. The zero-order chi connectivity index (χ0) is 18.5. The minimum atomic E-state index is -0.716. The maximum absolute atomic E-state index is 12.7. The van der Waals surface area contributed by atoms with Gasteiger partial charge in [0.1, 0.15) is 5.00 Å². The molecule has 0 radical (unpaired) electrons. The highest BCUT2D eigenvalue weighted by molar-refractivity contribution is 7.20. The maximum Gasteiger partial charge on any atom is 0.317 e. The zero-order valence-electron chi connectivity index (χ0n) is 14.0. The molecule has 2 aromatic rings. The van der Waals surface area contributed by atoms with Crippen molar-refractivity contribution in [3.8, 4) is 16.5 Å². The Morgan fingerprint density at radius 3 is 2.69 bits per heavy atom. The van der Waals surface area contributed by atoms with Crippen LogP contribution in [0.15, 0.2) is 30.3 Å². The second kappa shape index (κ2) is 7.99. The molecule has 3 amide bonds. The molecule has 1 saturated heterocycles. The third kappa shape index (κ3) is 4.20. The minimum Gasteiger partial charge on any atom is -0.351 e. The van der Waals surface area contributed by atoms with E-state index >= 15 is 0 Å². The van der Waals surface area contributed by atoms with Crippen LogP contribution in [0, 0.1) is 11.3 Å². The number of carbonyl (C=O) groups excluding carboxylic acids is 2. The van der Waals surface area contributed by atoms with Crippen LogP contribution < -0.4 is 21.7 Å². The molecule has 26 heavy (non-hydrogen) atoms. The van der Waals surface area contributed by atoms with Gasteiger partial charge in [-0.25, -0.2) is 4.79 Å². The summed E-state index contributed by atoms with van der Waals surface area (Å²) in [7, 11) is 0. The number of hydrogen-bond donors (Lipinski definition) is 4. The van der Waals surface area contributed by atoms with E-state index in [-0.39, 0.29) is 11.9 Å². The Balaban J connectivity index is 1.86. The first-order valence-corrected chi connectivity index (χ1v) is 9.11. The number of nitriles is 1. The van der Waals surface area contributed by atoms with Gasteiger partial charge in [0.25, 0.3) is 5.91 Å². The lowest BCUT2D eigenvalue weighted by molar-refractivity contribution is 0.0932. The average molecular weight is 369 g/mol. The molecule has 5 N–H and O–H groups in total. The van der Waals surface area contributed by atoms with Gasteiger partial charge in [-0.3, -0.25) is 10.1 Å². The molecule has 0 saturated carbocycles. The highest BCUT2D eigenvalue weighted by atomic mass is 32.1. The molecule has 1 aromatic carbocycles. The Bertz CT molecular complexity index is 847. The molecule has 1 aliphatic rings. The molecule has 3 rings (SSSR count). The van der Waals surface area contributed by atoms with Gasteiger partial charge in [-0.1, -0.05) is 12.1 Å². The van der Waals surface area contributed by atoms with Crippen molar-refractivity contribution >= 4 is 28.3 Å². The quantitative estimate of drug-likeness (QED) is 0.660. The molecular weight excluding hydrogens is 350 g/mol. The van der Waals surface area contributed by atoms with Crippen LogP contribution in [0.5, 0.6) is 0 Å². The van der Waals surface area contributed by atoms with Gasteiger partial charge >= 0.3 is 6.03 Å². The van der Waals surface area contributed by atoms with Gasteiger partial charge in [0, 0.05) is 17.5 Å². The largest absolute Gasteiger partial charge is 0.351 e. The monoisotopic (exact) mass is 369 g/mol. The van der Waals surface area contributed by atoms with Gasteiger partial charge < -0.3 is 16.4 Å². The van der Waals surface area contributed by atoms with Crippen molar-refractivity contribution in [2.75, 3.05) is 18.4 Å². The minimum absolute atomic E-state index is 0.0657. The average Bonchev–Trinajstić information content (AvgIpc) is 3.06. The van der Waals surface area contributed by atoms with Crippen LogP contribution in [0.2, 0.25) is 0 Å². The fourth-order valence-electron chi connectivity index (χ4n) is 2.85. The summed E-state index contributed by atoms with van der Waals surface area (Å²) in [6.45, 7) is 1.69. The van der Waals surface area contributed by atoms with E-state index in [0.29, 0.717) is 16.1 Å². The summed E-state index contributed by atoms with van der Waals surface area (Å²) < 4.78 is 0. The zero-order valence-corrected chi connectivity index (χ0v) is 14.9. The van der Waals surface area contributed by atoms with E-state index in [1.807, 2.05) is 12.1 Å². The topological polar surface area (TPSA) is 120 Å². The molecule has 1 aliphatic heterocycles. The number of amides is 3. The lowest BCUT2D eigenvalue weighted by atomic mass is 10.1. The van der Waals surface area contributed by atoms with Crippen LogP contribution in [0.3, 0.4) is 0 Å². The van der Waals surface area contributed by atoms with Gasteiger partial charge in [0.15, 0.2) is 0 Å². The lowest BCUT2D eigenvalue weighted by Crippen LogP contribution is -2.45. The summed E-state index contributed by atoms with van der Waals surface area (Å²) in [5.41, 5.74) is 7.05. The SMILES string of the molecule is N#Cc1ccc(-c2cc(C(=O)NC3CCCNC3)c(NC(N)=O)s2)cc1. The molecule has 1 unspecified atom stereocenters. The van der Waals surface area contributed by atoms with Crippen molar-refractivity contribution in [3.63, 3.8) is 0 Å². The smallest absolute Gasteiger partial charge is 0.317 e. The standard InChI is InChI=1S/C18H19N5O2S/c19-9-11-3-5-12(6-4-11)15-8-14(17(26-15)23-18(20)25)16(24)22-13-2-1-7-21-10-13/h3-6,8,13,21H,1-2,7,10H2,(H,22,24)(H3,20,23,25). The molecule has 134 valence electrons. The van der Waals surface area contributed by atoms with E-state index in [0.717, 1.165) is 36.4 Å². The number of nitrogens with zero attached hydrogens (tertiary/aromatic N) is 1. The second-order valence-electron chi connectivity index (χ2n) is 6.05. The van der Waals surface area contributed by atoms with Crippen LogP contribution in [-0.4, -0.2) is 31.1 Å². The summed E-state index contributed by atoms with van der Waals surface area (Å²) in [4.78, 5) is 24.8. The number of primary amides is 1. The van der Waals surface area contributed by atoms with E-state index in [1.54, 1.807) is 18.2 Å². The Morgan fingerprint density at radius 2 is 2.08 bits per heavy atom.